The van der Waals surface area contributed by atoms with Crippen LogP contribution in [-0.2, 0) is 4.79 Å². The summed E-state index contributed by atoms with van der Waals surface area (Å²) >= 11 is 0. The Bertz CT molecular complexity index is 982. The summed E-state index contributed by atoms with van der Waals surface area (Å²) in [5, 5.41) is 23.2. The first-order chi connectivity index (χ1) is 17.9. The maximum atomic E-state index is 11.6. The van der Waals surface area contributed by atoms with Crippen LogP contribution >= 0.6 is 0 Å². The van der Waals surface area contributed by atoms with Gasteiger partial charge in [0.2, 0.25) is 0 Å². The number of hydrogen-bond acceptors (Lipinski definition) is 4. The van der Waals surface area contributed by atoms with Gasteiger partial charge in [-0.2, -0.15) is 0 Å². The molecule has 2 aromatic rings. The number of guanidine groups is 1. The molecule has 2 rings (SSSR count). The van der Waals surface area contributed by atoms with Gasteiger partial charge in [0.05, 0.1) is 18.7 Å². The van der Waals surface area contributed by atoms with Gasteiger partial charge in [-0.3, -0.25) is 0 Å². The number of carboxylic acid groups (broad SMARTS) is 1. The van der Waals surface area contributed by atoms with Gasteiger partial charge in [-0.1, -0.05) is 68.7 Å². The molecule has 1 heterocycles. The Morgan fingerprint density at radius 3 is 2.46 bits per heavy atom. The minimum atomic E-state index is -1.04. The molecular formula is C29H43N5O3. The highest BCUT2D eigenvalue weighted by Crippen LogP contribution is 2.24. The van der Waals surface area contributed by atoms with E-state index in [0.717, 1.165) is 56.3 Å². The molecule has 1 aromatic carbocycles. The summed E-state index contributed by atoms with van der Waals surface area (Å²) in [5.74, 6) is -0.0667. The van der Waals surface area contributed by atoms with Crippen molar-refractivity contribution in [2.24, 2.45) is 22.4 Å². The number of nitrogens with two attached hydrogens (primary N) is 2. The molecule has 0 saturated heterocycles. The van der Waals surface area contributed by atoms with E-state index in [2.05, 4.69) is 46.5 Å². The van der Waals surface area contributed by atoms with Crippen molar-refractivity contribution in [1.29, 1.82) is 0 Å². The fourth-order valence-corrected chi connectivity index (χ4v) is 4.28. The molecule has 3 atom stereocenters. The second-order valence-electron chi connectivity index (χ2n) is 9.41. The van der Waals surface area contributed by atoms with Crippen LogP contribution in [0.15, 0.2) is 71.4 Å². The monoisotopic (exact) mass is 509 g/mol. The number of allylic oxidation sites excluding steroid dienone is 1. The number of anilines is 1. The number of aliphatic hydroxyl groups is 1. The third-order valence-electron chi connectivity index (χ3n) is 6.32. The fraction of sp³-hybridized carbons (Fsp3) is 0.448. The molecule has 8 N–H and O–H groups in total. The van der Waals surface area contributed by atoms with Crippen molar-refractivity contribution in [3.8, 4) is 0 Å². The van der Waals surface area contributed by atoms with Crippen molar-refractivity contribution in [1.82, 2.24) is 4.98 Å². The van der Waals surface area contributed by atoms with Crippen LogP contribution in [0.5, 0.6) is 0 Å². The largest absolute Gasteiger partial charge is 0.478 e. The maximum Gasteiger partial charge on any atom is 0.328 e. The number of nitrogens with zero attached hydrogens (tertiary/aromatic N) is 1. The number of aliphatic carboxylic acids is 1. The molecule has 0 bridgehead atoms. The second kappa shape index (κ2) is 17.0. The number of aromatic amines is 1. The van der Waals surface area contributed by atoms with Crippen molar-refractivity contribution >= 4 is 23.8 Å². The predicted molar refractivity (Wildman–Crippen MR) is 152 cm³/mol. The Kier molecular flexibility index (Phi) is 13.7. The molecule has 0 spiro atoms. The Hall–Kier alpha value is -3.52. The molecule has 37 heavy (non-hydrogen) atoms. The van der Waals surface area contributed by atoms with Gasteiger partial charge in [0, 0.05) is 12.3 Å². The molecule has 0 fully saturated rings. The first-order valence-corrected chi connectivity index (χ1v) is 13.2. The molecule has 0 aliphatic carbocycles. The number of H-pyrrole nitrogens is 1. The number of unbranched alkanes of at least 4 members (excludes halogenated alkanes) is 1. The zero-order valence-electron chi connectivity index (χ0n) is 21.9. The lowest BCUT2D eigenvalue weighted by Gasteiger charge is -2.24. The maximum absolute atomic E-state index is 11.6. The molecule has 0 saturated carbocycles. The molecule has 0 aliphatic rings. The number of aromatic nitrogens is 1. The number of benzene rings is 1. The molecule has 0 radical (unpaired) electrons. The quantitative estimate of drug-likeness (QED) is 0.0955. The number of rotatable bonds is 18. The average molecular weight is 510 g/mol. The summed E-state index contributed by atoms with van der Waals surface area (Å²) in [6, 6.07) is 13.7. The van der Waals surface area contributed by atoms with Crippen molar-refractivity contribution < 1.29 is 15.0 Å². The summed E-state index contributed by atoms with van der Waals surface area (Å²) in [6.07, 6.45) is 14.2. The highest BCUT2D eigenvalue weighted by molar-refractivity contribution is 5.81. The number of aliphatic imine (C=N–C) groups is 1. The lowest BCUT2D eigenvalue weighted by Crippen LogP contribution is -2.28. The zero-order valence-corrected chi connectivity index (χ0v) is 21.9. The zero-order chi connectivity index (χ0) is 26.9. The summed E-state index contributed by atoms with van der Waals surface area (Å²) in [6.45, 7) is 2.23. The van der Waals surface area contributed by atoms with E-state index in [4.69, 9.17) is 11.5 Å². The van der Waals surface area contributed by atoms with Crippen LogP contribution in [0, 0.1) is 5.92 Å². The van der Waals surface area contributed by atoms with E-state index in [0.29, 0.717) is 12.0 Å². The normalized spacial score (nSPS) is 14.3. The number of carboxylic acids is 1. The van der Waals surface area contributed by atoms with Crippen LogP contribution in [0.1, 0.15) is 63.9 Å². The standard InChI is InChI=1S/C29H43N5O3/c1-2-3-12-25(35)13-7-11-23(16-15-22-9-5-4-6-10-22)17-18-26(34-27-14-8-19-32-27)24(20-28(36)37)21-33-29(30)31/h4-6,8-10,14-16,19-20,23,25-26,32,34-35H,2-3,7,11-13,17-18,21H2,1H3,(H,36,37)(H4,30,31,33). The predicted octanol–water partition coefficient (Wildman–Crippen LogP) is 4.91. The topological polar surface area (TPSA) is 150 Å². The Labute approximate surface area is 220 Å². The minimum absolute atomic E-state index is 0.0831. The Morgan fingerprint density at radius 1 is 1.05 bits per heavy atom. The third kappa shape index (κ3) is 12.8. The van der Waals surface area contributed by atoms with Gasteiger partial charge in [-0.05, 0) is 61.3 Å². The summed E-state index contributed by atoms with van der Waals surface area (Å²) in [7, 11) is 0. The number of carbonyl (C=O) groups is 1. The summed E-state index contributed by atoms with van der Waals surface area (Å²) in [4.78, 5) is 18.8. The van der Waals surface area contributed by atoms with E-state index in [1.54, 1.807) is 0 Å². The van der Waals surface area contributed by atoms with E-state index in [9.17, 15) is 15.0 Å². The van der Waals surface area contributed by atoms with Crippen molar-refractivity contribution in [2.45, 2.75) is 70.4 Å². The second-order valence-corrected chi connectivity index (χ2v) is 9.41. The highest BCUT2D eigenvalue weighted by Gasteiger charge is 2.19. The molecule has 202 valence electrons. The van der Waals surface area contributed by atoms with Crippen molar-refractivity contribution in [2.75, 3.05) is 11.9 Å². The van der Waals surface area contributed by atoms with Gasteiger partial charge >= 0.3 is 5.97 Å². The molecule has 1 aromatic heterocycles. The van der Waals surface area contributed by atoms with Gasteiger partial charge in [-0.15, -0.1) is 0 Å². The fourth-order valence-electron chi connectivity index (χ4n) is 4.28. The molecule has 0 aliphatic heterocycles. The van der Waals surface area contributed by atoms with Gasteiger partial charge in [0.1, 0.15) is 5.82 Å². The van der Waals surface area contributed by atoms with Gasteiger partial charge < -0.3 is 32.0 Å². The van der Waals surface area contributed by atoms with E-state index in [-0.39, 0.29) is 30.6 Å². The summed E-state index contributed by atoms with van der Waals surface area (Å²) < 4.78 is 0. The smallest absolute Gasteiger partial charge is 0.328 e. The van der Waals surface area contributed by atoms with Gasteiger partial charge in [0.15, 0.2) is 5.96 Å². The lowest BCUT2D eigenvalue weighted by atomic mass is 9.90. The summed E-state index contributed by atoms with van der Waals surface area (Å²) in [5.41, 5.74) is 12.8. The highest BCUT2D eigenvalue weighted by atomic mass is 16.4. The van der Waals surface area contributed by atoms with E-state index >= 15 is 0 Å². The first kappa shape index (κ1) is 29.7. The van der Waals surface area contributed by atoms with Gasteiger partial charge in [-0.25, -0.2) is 9.79 Å². The minimum Gasteiger partial charge on any atom is -0.478 e. The SMILES string of the molecule is CCCCC(O)CCCC(C=Cc1ccccc1)CCC(Nc1ccc[nH]1)C(=CC(=O)O)CN=C(N)N. The number of nitrogens with one attached hydrogen (secondary N) is 2. The van der Waals surface area contributed by atoms with Crippen LogP contribution in [0.25, 0.3) is 6.08 Å². The van der Waals surface area contributed by atoms with Crippen LogP contribution in [0.2, 0.25) is 0 Å². The van der Waals surface area contributed by atoms with Crippen LogP contribution < -0.4 is 16.8 Å². The van der Waals surface area contributed by atoms with Crippen LogP contribution in [-0.4, -0.2) is 45.8 Å². The molecule has 8 nitrogen and oxygen atoms in total. The Balaban J connectivity index is 2.17. The van der Waals surface area contributed by atoms with Crippen molar-refractivity contribution in [3.63, 3.8) is 0 Å². The number of aliphatic hydroxyl groups excluding tert-OH is 1. The van der Waals surface area contributed by atoms with E-state index in [1.165, 1.54) is 6.08 Å². The molecule has 3 unspecified atom stereocenters. The lowest BCUT2D eigenvalue weighted by molar-refractivity contribution is -0.131. The van der Waals surface area contributed by atoms with Crippen LogP contribution in [0.4, 0.5) is 5.82 Å². The number of hydrogen-bond donors (Lipinski definition) is 6. The molecule has 0 amide bonds. The molecule has 8 heteroatoms. The average Bonchev–Trinajstić information content (AvgIpc) is 3.39. The Morgan fingerprint density at radius 2 is 1.81 bits per heavy atom. The third-order valence-corrected chi connectivity index (χ3v) is 6.32. The molecular weight excluding hydrogens is 466 g/mol. The van der Waals surface area contributed by atoms with Gasteiger partial charge in [0.25, 0.3) is 0 Å². The van der Waals surface area contributed by atoms with Crippen molar-refractivity contribution in [3.05, 3.63) is 72.0 Å². The first-order valence-electron chi connectivity index (χ1n) is 13.2. The van der Waals surface area contributed by atoms with Crippen LogP contribution in [0.3, 0.4) is 0 Å². The van der Waals surface area contributed by atoms with E-state index < -0.39 is 5.97 Å². The van der Waals surface area contributed by atoms with E-state index in [1.807, 2.05) is 36.5 Å².